The number of para-hydroxylation sites is 2. The van der Waals surface area contributed by atoms with Crippen LogP contribution in [0.4, 0.5) is 0 Å². The number of rotatable bonds is 7. The molecule has 5 nitrogen and oxygen atoms in total. The van der Waals surface area contributed by atoms with Gasteiger partial charge in [-0.25, -0.2) is 4.98 Å². The molecule has 0 fully saturated rings. The monoisotopic (exact) mass is 380 g/mol. The highest BCUT2D eigenvalue weighted by atomic mass is 32.2. The summed E-state index contributed by atoms with van der Waals surface area (Å²) in [5, 5.41) is 0.651. The second kappa shape index (κ2) is 8.60. The number of aromatic nitrogens is 2. The summed E-state index contributed by atoms with van der Waals surface area (Å²) in [4.78, 5) is 17.5. The van der Waals surface area contributed by atoms with Crippen LogP contribution in [-0.2, 0) is 0 Å². The number of imidazole rings is 1. The molecule has 0 unspecified atom stereocenters. The molecule has 3 rings (SSSR count). The fourth-order valence-electron chi connectivity index (χ4n) is 2.65. The molecule has 0 bridgehead atoms. The molecule has 0 amide bonds. The molecule has 0 N–H and O–H groups in total. The quantitative estimate of drug-likeness (QED) is 0.338. The predicted octanol–water partition coefficient (Wildman–Crippen LogP) is 4.69. The molecule has 27 heavy (non-hydrogen) atoms. The summed E-state index contributed by atoms with van der Waals surface area (Å²) >= 11 is 1.48. The van der Waals surface area contributed by atoms with Crippen LogP contribution in [0.1, 0.15) is 10.4 Å². The van der Waals surface area contributed by atoms with Crippen molar-refractivity contribution in [3.05, 3.63) is 66.8 Å². The first-order valence-corrected chi connectivity index (χ1v) is 9.32. The van der Waals surface area contributed by atoms with Crippen molar-refractivity contribution in [3.63, 3.8) is 0 Å². The zero-order valence-electron chi connectivity index (χ0n) is 15.2. The van der Waals surface area contributed by atoms with Crippen LogP contribution in [0.5, 0.6) is 11.5 Å². The number of thioether (sulfide) groups is 1. The molecule has 0 saturated carbocycles. The molecule has 0 aliphatic heterocycles. The van der Waals surface area contributed by atoms with Crippen LogP contribution in [0.2, 0.25) is 0 Å². The van der Waals surface area contributed by atoms with Crippen LogP contribution in [-0.4, -0.2) is 35.4 Å². The molecule has 1 heterocycles. The number of allylic oxidation sites excluding steroid dienone is 1. The van der Waals surface area contributed by atoms with E-state index in [1.807, 2.05) is 36.4 Å². The van der Waals surface area contributed by atoms with Crippen LogP contribution in [0.3, 0.4) is 0 Å². The maximum Gasteiger partial charge on any atom is 0.257 e. The Morgan fingerprint density at radius 2 is 1.96 bits per heavy atom. The topological polar surface area (TPSA) is 53.4 Å². The average Bonchev–Trinajstić information content (AvgIpc) is 3.08. The summed E-state index contributed by atoms with van der Waals surface area (Å²) < 4.78 is 12.2. The molecular formula is C21H20N2O3S. The minimum atomic E-state index is -0.162. The lowest BCUT2D eigenvalue weighted by Crippen LogP contribution is -2.08. The molecule has 0 radical (unpaired) electrons. The van der Waals surface area contributed by atoms with Crippen molar-refractivity contribution in [1.29, 1.82) is 0 Å². The summed E-state index contributed by atoms with van der Waals surface area (Å²) in [5.41, 5.74) is 2.41. The Balaban J connectivity index is 1.94. The molecule has 138 valence electrons. The first kappa shape index (κ1) is 18.8. The Kier molecular flexibility index (Phi) is 5.98. The minimum absolute atomic E-state index is 0.162. The van der Waals surface area contributed by atoms with E-state index >= 15 is 0 Å². The summed E-state index contributed by atoms with van der Waals surface area (Å²) in [5.74, 6) is 1.77. The van der Waals surface area contributed by atoms with Crippen molar-refractivity contribution in [2.24, 2.45) is 0 Å². The zero-order chi connectivity index (χ0) is 19.2. The fourth-order valence-corrected chi connectivity index (χ4v) is 3.39. The third-order valence-corrected chi connectivity index (χ3v) is 4.84. The van der Waals surface area contributed by atoms with Gasteiger partial charge in [0, 0.05) is 11.8 Å². The van der Waals surface area contributed by atoms with Crippen LogP contribution in [0, 0.1) is 0 Å². The molecule has 2 aromatic carbocycles. The Morgan fingerprint density at radius 1 is 1.19 bits per heavy atom. The van der Waals surface area contributed by atoms with Crippen LogP contribution in [0.15, 0.2) is 66.4 Å². The van der Waals surface area contributed by atoms with Gasteiger partial charge in [-0.05, 0) is 35.9 Å². The highest BCUT2D eigenvalue weighted by Gasteiger charge is 2.15. The standard InChI is InChI=1S/C21H20N2O3S/c1-4-13-27-21-22-16-7-5-6-8-17(16)23(21)20(24)12-10-15-9-11-18(25-2)19(14-15)26-3/h4-12,14H,1,13H2,2-3H3/b12-10+. The summed E-state index contributed by atoms with van der Waals surface area (Å²) in [7, 11) is 3.17. The molecule has 0 spiro atoms. The smallest absolute Gasteiger partial charge is 0.257 e. The van der Waals surface area contributed by atoms with Crippen molar-refractivity contribution >= 4 is 34.8 Å². The normalized spacial score (nSPS) is 11.0. The Hall–Kier alpha value is -2.99. The van der Waals surface area contributed by atoms with Crippen LogP contribution >= 0.6 is 11.8 Å². The fraction of sp³-hybridized carbons (Fsp3) is 0.143. The second-order valence-corrected chi connectivity index (χ2v) is 6.59. The molecule has 0 aliphatic carbocycles. The van der Waals surface area contributed by atoms with E-state index in [0.29, 0.717) is 22.4 Å². The van der Waals surface area contributed by atoms with Gasteiger partial charge < -0.3 is 9.47 Å². The minimum Gasteiger partial charge on any atom is -0.493 e. The molecule has 0 saturated heterocycles. The first-order valence-electron chi connectivity index (χ1n) is 8.33. The van der Waals surface area contributed by atoms with Crippen molar-refractivity contribution in [2.75, 3.05) is 20.0 Å². The lowest BCUT2D eigenvalue weighted by molar-refractivity contribution is 0.0965. The van der Waals surface area contributed by atoms with E-state index in [-0.39, 0.29) is 5.91 Å². The van der Waals surface area contributed by atoms with Gasteiger partial charge in [0.1, 0.15) is 0 Å². The highest BCUT2D eigenvalue weighted by molar-refractivity contribution is 7.99. The van der Waals surface area contributed by atoms with Crippen LogP contribution < -0.4 is 9.47 Å². The van der Waals surface area contributed by atoms with Gasteiger partial charge in [0.2, 0.25) is 0 Å². The van der Waals surface area contributed by atoms with E-state index in [0.717, 1.165) is 16.6 Å². The molecule has 0 aliphatic rings. The number of carbonyl (C=O) groups excluding carboxylic acids is 1. The number of methoxy groups -OCH3 is 2. The van der Waals surface area contributed by atoms with Gasteiger partial charge in [-0.3, -0.25) is 9.36 Å². The first-order chi connectivity index (χ1) is 13.2. The van der Waals surface area contributed by atoms with Crippen molar-refractivity contribution in [3.8, 4) is 11.5 Å². The number of hydrogen-bond donors (Lipinski definition) is 0. The lowest BCUT2D eigenvalue weighted by Gasteiger charge is -2.07. The van der Waals surface area contributed by atoms with Gasteiger partial charge in [-0.1, -0.05) is 36.0 Å². The van der Waals surface area contributed by atoms with Gasteiger partial charge >= 0.3 is 0 Å². The van der Waals surface area contributed by atoms with E-state index in [4.69, 9.17) is 9.47 Å². The van der Waals surface area contributed by atoms with Gasteiger partial charge in [-0.2, -0.15) is 0 Å². The SMILES string of the molecule is C=CCSc1nc2ccccc2n1C(=O)/C=C/c1ccc(OC)c(OC)c1. The Morgan fingerprint density at radius 3 is 2.70 bits per heavy atom. The van der Waals surface area contributed by atoms with E-state index in [2.05, 4.69) is 11.6 Å². The highest BCUT2D eigenvalue weighted by Crippen LogP contribution is 2.28. The van der Waals surface area contributed by atoms with E-state index in [9.17, 15) is 4.79 Å². The van der Waals surface area contributed by atoms with Crippen molar-refractivity contribution in [2.45, 2.75) is 5.16 Å². The van der Waals surface area contributed by atoms with E-state index in [1.165, 1.54) is 17.8 Å². The summed E-state index contributed by atoms with van der Waals surface area (Å²) in [6, 6.07) is 13.1. The van der Waals surface area contributed by atoms with Gasteiger partial charge in [0.25, 0.3) is 5.91 Å². The number of benzene rings is 2. The molecule has 0 atom stereocenters. The number of nitrogens with zero attached hydrogens (tertiary/aromatic N) is 2. The lowest BCUT2D eigenvalue weighted by atomic mass is 10.2. The van der Waals surface area contributed by atoms with Crippen molar-refractivity contribution < 1.29 is 14.3 Å². The van der Waals surface area contributed by atoms with E-state index < -0.39 is 0 Å². The largest absolute Gasteiger partial charge is 0.493 e. The zero-order valence-corrected chi connectivity index (χ0v) is 16.0. The summed E-state index contributed by atoms with van der Waals surface area (Å²) in [6.45, 7) is 3.73. The maximum atomic E-state index is 12.9. The number of ether oxygens (including phenoxy) is 2. The molecular weight excluding hydrogens is 360 g/mol. The number of hydrogen-bond acceptors (Lipinski definition) is 5. The molecule has 1 aromatic heterocycles. The second-order valence-electron chi connectivity index (χ2n) is 5.60. The maximum absolute atomic E-state index is 12.9. The van der Waals surface area contributed by atoms with Crippen LogP contribution in [0.25, 0.3) is 17.1 Å². The third-order valence-electron chi connectivity index (χ3n) is 3.91. The Bertz CT molecular complexity index is 1010. The third kappa shape index (κ3) is 4.06. The number of carbonyl (C=O) groups is 1. The summed E-state index contributed by atoms with van der Waals surface area (Å²) in [6.07, 6.45) is 5.08. The number of fused-ring (bicyclic) bond motifs is 1. The van der Waals surface area contributed by atoms with Gasteiger partial charge in [0.15, 0.2) is 16.7 Å². The van der Waals surface area contributed by atoms with Gasteiger partial charge in [-0.15, -0.1) is 6.58 Å². The molecule has 6 heteroatoms. The Labute approximate surface area is 162 Å². The van der Waals surface area contributed by atoms with Gasteiger partial charge in [0.05, 0.1) is 25.3 Å². The predicted molar refractivity (Wildman–Crippen MR) is 110 cm³/mol. The average molecular weight is 380 g/mol. The van der Waals surface area contributed by atoms with E-state index in [1.54, 1.807) is 37.0 Å². The van der Waals surface area contributed by atoms with Crippen molar-refractivity contribution in [1.82, 2.24) is 9.55 Å². The molecule has 3 aromatic rings.